The molecule has 114 valence electrons. The Kier molecular flexibility index (Phi) is 4.29. The summed E-state index contributed by atoms with van der Waals surface area (Å²) in [6.45, 7) is 3.81. The van der Waals surface area contributed by atoms with E-state index in [0.717, 1.165) is 19.4 Å². The molecule has 1 amide bonds. The fourth-order valence-electron chi connectivity index (χ4n) is 2.74. The maximum atomic E-state index is 12.3. The summed E-state index contributed by atoms with van der Waals surface area (Å²) >= 11 is 0. The molecule has 3 atom stereocenters. The fraction of sp³-hybridized carbons (Fsp3) is 0.562. The van der Waals surface area contributed by atoms with Crippen molar-refractivity contribution in [2.75, 3.05) is 19.8 Å². The molecule has 5 nitrogen and oxygen atoms in total. The van der Waals surface area contributed by atoms with E-state index < -0.39 is 6.10 Å². The van der Waals surface area contributed by atoms with Crippen molar-refractivity contribution in [3.05, 3.63) is 24.3 Å². The number of nitrogens with one attached hydrogen (secondary N) is 1. The molecule has 1 N–H and O–H groups in total. The smallest absolute Gasteiger partial charge is 0.264 e. The number of para-hydroxylation sites is 2. The van der Waals surface area contributed by atoms with E-state index in [9.17, 15) is 4.79 Å². The first-order valence-corrected chi connectivity index (χ1v) is 7.50. The normalized spacial score (nSPS) is 26.0. The minimum absolute atomic E-state index is 0.0820. The van der Waals surface area contributed by atoms with Gasteiger partial charge < -0.3 is 19.5 Å². The highest BCUT2D eigenvalue weighted by atomic mass is 16.6. The molecule has 1 saturated heterocycles. The molecule has 0 aliphatic carbocycles. The Balaban J connectivity index is 1.56. The number of carbonyl (C=O) groups is 1. The van der Waals surface area contributed by atoms with Crippen LogP contribution in [0.2, 0.25) is 0 Å². The van der Waals surface area contributed by atoms with Gasteiger partial charge in [-0.3, -0.25) is 4.79 Å². The van der Waals surface area contributed by atoms with Crippen LogP contribution in [-0.4, -0.2) is 37.9 Å². The van der Waals surface area contributed by atoms with Crippen LogP contribution in [-0.2, 0) is 9.53 Å². The fourth-order valence-corrected chi connectivity index (χ4v) is 2.74. The number of benzene rings is 1. The summed E-state index contributed by atoms with van der Waals surface area (Å²) in [4.78, 5) is 12.3. The van der Waals surface area contributed by atoms with Gasteiger partial charge in [-0.15, -0.1) is 0 Å². The topological polar surface area (TPSA) is 56.8 Å². The molecule has 0 aromatic heterocycles. The highest BCUT2D eigenvalue weighted by Crippen LogP contribution is 2.31. The van der Waals surface area contributed by atoms with Crippen molar-refractivity contribution in [2.45, 2.75) is 31.9 Å². The lowest BCUT2D eigenvalue weighted by Crippen LogP contribution is -2.49. The van der Waals surface area contributed by atoms with Gasteiger partial charge in [-0.05, 0) is 31.9 Å². The van der Waals surface area contributed by atoms with Gasteiger partial charge in [0.25, 0.3) is 5.91 Å². The second kappa shape index (κ2) is 6.35. The van der Waals surface area contributed by atoms with E-state index in [4.69, 9.17) is 14.2 Å². The highest BCUT2D eigenvalue weighted by Gasteiger charge is 2.30. The van der Waals surface area contributed by atoms with Crippen LogP contribution in [0.5, 0.6) is 11.5 Å². The molecule has 3 rings (SSSR count). The van der Waals surface area contributed by atoms with Crippen LogP contribution >= 0.6 is 0 Å². The summed E-state index contributed by atoms with van der Waals surface area (Å²) in [5.41, 5.74) is 0. The molecule has 2 heterocycles. The van der Waals surface area contributed by atoms with E-state index in [1.54, 1.807) is 0 Å². The van der Waals surface area contributed by atoms with Crippen LogP contribution in [0.1, 0.15) is 19.8 Å². The van der Waals surface area contributed by atoms with E-state index in [-0.39, 0.29) is 18.6 Å². The molecule has 0 spiro atoms. The predicted octanol–water partition coefficient (Wildman–Crippen LogP) is 1.76. The van der Waals surface area contributed by atoms with Gasteiger partial charge in [0.2, 0.25) is 6.10 Å². The van der Waals surface area contributed by atoms with Crippen molar-refractivity contribution in [1.29, 1.82) is 0 Å². The Hall–Kier alpha value is -1.75. The lowest BCUT2D eigenvalue weighted by molar-refractivity contribution is -0.131. The van der Waals surface area contributed by atoms with Crippen molar-refractivity contribution >= 4 is 5.91 Å². The maximum Gasteiger partial charge on any atom is 0.264 e. The molecule has 0 unspecified atom stereocenters. The minimum Gasteiger partial charge on any atom is -0.485 e. The first-order valence-electron chi connectivity index (χ1n) is 7.50. The van der Waals surface area contributed by atoms with Gasteiger partial charge in [-0.25, -0.2) is 0 Å². The van der Waals surface area contributed by atoms with E-state index in [1.165, 1.54) is 0 Å². The summed E-state index contributed by atoms with van der Waals surface area (Å²) in [6.07, 6.45) is 1.56. The van der Waals surface area contributed by atoms with E-state index in [1.807, 2.05) is 31.2 Å². The molecular weight excluding hydrogens is 270 g/mol. The van der Waals surface area contributed by atoms with Crippen LogP contribution in [0.3, 0.4) is 0 Å². The Bertz CT molecular complexity index is 499. The predicted molar refractivity (Wildman–Crippen MR) is 77.5 cm³/mol. The van der Waals surface area contributed by atoms with Crippen LogP contribution in [0.4, 0.5) is 0 Å². The van der Waals surface area contributed by atoms with Gasteiger partial charge in [-0.1, -0.05) is 12.1 Å². The van der Waals surface area contributed by atoms with Crippen molar-refractivity contribution in [3.63, 3.8) is 0 Å². The first-order chi connectivity index (χ1) is 10.2. The number of hydrogen-bond acceptors (Lipinski definition) is 4. The molecule has 1 fully saturated rings. The second-order valence-electron chi connectivity index (χ2n) is 5.64. The van der Waals surface area contributed by atoms with Crippen molar-refractivity contribution < 1.29 is 19.0 Å². The molecule has 0 bridgehead atoms. The molecule has 21 heavy (non-hydrogen) atoms. The van der Waals surface area contributed by atoms with E-state index in [2.05, 4.69) is 5.32 Å². The molecule has 1 aromatic carbocycles. The van der Waals surface area contributed by atoms with Gasteiger partial charge in [-0.2, -0.15) is 0 Å². The van der Waals surface area contributed by atoms with Gasteiger partial charge in [0.05, 0.1) is 6.61 Å². The molecule has 2 aliphatic rings. The number of amides is 1. The molecule has 0 radical (unpaired) electrons. The zero-order valence-corrected chi connectivity index (χ0v) is 12.2. The standard InChI is InChI=1S/C16H21NO4/c1-11(12-5-4-8-19-9-12)17-16(18)15-10-20-13-6-2-3-7-14(13)21-15/h2-3,6-7,11-12,15H,4-5,8-10H2,1H3,(H,17,18)/t11-,12-,15+/m0/s1. The summed E-state index contributed by atoms with van der Waals surface area (Å²) in [7, 11) is 0. The Morgan fingerprint density at radius 3 is 2.86 bits per heavy atom. The van der Waals surface area contributed by atoms with E-state index >= 15 is 0 Å². The molecule has 1 aromatic rings. The van der Waals surface area contributed by atoms with Crippen LogP contribution in [0.25, 0.3) is 0 Å². The van der Waals surface area contributed by atoms with Crippen molar-refractivity contribution in [3.8, 4) is 11.5 Å². The Morgan fingerprint density at radius 2 is 2.10 bits per heavy atom. The van der Waals surface area contributed by atoms with Crippen molar-refractivity contribution in [1.82, 2.24) is 5.32 Å². The number of carbonyl (C=O) groups excluding carboxylic acids is 1. The zero-order valence-electron chi connectivity index (χ0n) is 12.2. The van der Waals surface area contributed by atoms with Crippen LogP contribution in [0, 0.1) is 5.92 Å². The van der Waals surface area contributed by atoms with Crippen LogP contribution < -0.4 is 14.8 Å². The Morgan fingerprint density at radius 1 is 1.29 bits per heavy atom. The summed E-state index contributed by atoms with van der Waals surface area (Å²) in [5, 5.41) is 3.03. The molecule has 5 heteroatoms. The second-order valence-corrected chi connectivity index (χ2v) is 5.64. The summed E-state index contributed by atoms with van der Waals surface area (Å²) in [5.74, 6) is 1.56. The summed E-state index contributed by atoms with van der Waals surface area (Å²) in [6, 6.07) is 7.48. The number of hydrogen-bond donors (Lipinski definition) is 1. The monoisotopic (exact) mass is 291 g/mol. The van der Waals surface area contributed by atoms with Crippen molar-refractivity contribution in [2.24, 2.45) is 5.92 Å². The van der Waals surface area contributed by atoms with Crippen LogP contribution in [0.15, 0.2) is 24.3 Å². The number of fused-ring (bicyclic) bond motifs is 1. The quantitative estimate of drug-likeness (QED) is 0.922. The molecule has 0 saturated carbocycles. The van der Waals surface area contributed by atoms with Gasteiger partial charge in [0.1, 0.15) is 6.61 Å². The van der Waals surface area contributed by atoms with Gasteiger partial charge in [0.15, 0.2) is 11.5 Å². The summed E-state index contributed by atoms with van der Waals surface area (Å²) < 4.78 is 16.8. The highest BCUT2D eigenvalue weighted by molar-refractivity contribution is 5.82. The van der Waals surface area contributed by atoms with Gasteiger partial charge in [0, 0.05) is 18.6 Å². The first kappa shape index (κ1) is 14.2. The average Bonchev–Trinajstić information content (AvgIpc) is 2.55. The minimum atomic E-state index is -0.591. The average molecular weight is 291 g/mol. The van der Waals surface area contributed by atoms with E-state index in [0.29, 0.717) is 24.0 Å². The van der Waals surface area contributed by atoms with Gasteiger partial charge >= 0.3 is 0 Å². The number of rotatable bonds is 3. The lowest BCUT2D eigenvalue weighted by Gasteiger charge is -2.31. The third kappa shape index (κ3) is 3.29. The molecular formula is C16H21NO4. The lowest BCUT2D eigenvalue weighted by atomic mass is 9.95. The third-order valence-corrected chi connectivity index (χ3v) is 4.07. The molecule has 2 aliphatic heterocycles. The SMILES string of the molecule is C[C@H](NC(=O)[C@H]1COc2ccccc2O1)[C@H]1CCCOC1. The number of ether oxygens (including phenoxy) is 3. The third-order valence-electron chi connectivity index (χ3n) is 4.07. The maximum absolute atomic E-state index is 12.3. The zero-order chi connectivity index (χ0) is 14.7. The largest absolute Gasteiger partial charge is 0.485 e. The Labute approximate surface area is 124 Å².